The topological polar surface area (TPSA) is 24.9 Å². The Labute approximate surface area is 90.1 Å². The van der Waals surface area contributed by atoms with Crippen molar-refractivity contribution in [1.29, 1.82) is 0 Å². The van der Waals surface area contributed by atoms with Crippen LogP contribution in [-0.4, -0.2) is 18.1 Å². The lowest BCUT2D eigenvalue weighted by molar-refractivity contribution is 0.724. The second-order valence-electron chi connectivity index (χ2n) is 3.30. The molecule has 0 radical (unpaired) electrons. The first-order valence-electron chi connectivity index (χ1n) is 5.07. The Balaban J connectivity index is 2.23. The van der Waals surface area contributed by atoms with E-state index in [0.717, 1.165) is 25.9 Å². The van der Waals surface area contributed by atoms with Crippen molar-refractivity contribution in [3.05, 3.63) is 28.2 Å². The minimum absolute atomic E-state index is 1.00. The van der Waals surface area contributed by atoms with Crippen LogP contribution in [0.3, 0.4) is 0 Å². The van der Waals surface area contributed by atoms with Crippen molar-refractivity contribution in [2.75, 3.05) is 13.1 Å². The molecule has 0 aliphatic rings. The minimum Gasteiger partial charge on any atom is -0.317 e. The molecule has 1 aromatic rings. The molecule has 0 unspecified atom stereocenters. The number of thiazole rings is 1. The van der Waals surface area contributed by atoms with E-state index in [9.17, 15) is 0 Å². The Morgan fingerprint density at radius 2 is 2.50 bits per heavy atom. The highest BCUT2D eigenvalue weighted by atomic mass is 32.1. The summed E-state index contributed by atoms with van der Waals surface area (Å²) in [5.74, 6) is 0. The maximum Gasteiger partial charge on any atom is 0.0965 e. The SMILES string of the molecule is CCNCCC=C(C)Cc1nccs1. The molecule has 1 aromatic heterocycles. The first-order valence-corrected chi connectivity index (χ1v) is 5.95. The lowest BCUT2D eigenvalue weighted by Crippen LogP contribution is -2.13. The fraction of sp³-hybridized carbons (Fsp3) is 0.545. The van der Waals surface area contributed by atoms with E-state index in [1.807, 2.05) is 11.6 Å². The van der Waals surface area contributed by atoms with Gasteiger partial charge in [0, 0.05) is 18.0 Å². The summed E-state index contributed by atoms with van der Waals surface area (Å²) < 4.78 is 0. The van der Waals surface area contributed by atoms with E-state index in [-0.39, 0.29) is 0 Å². The molecule has 2 nitrogen and oxygen atoms in total. The van der Waals surface area contributed by atoms with Crippen LogP contribution in [0.2, 0.25) is 0 Å². The van der Waals surface area contributed by atoms with Gasteiger partial charge in [0.2, 0.25) is 0 Å². The number of hydrogen-bond donors (Lipinski definition) is 1. The normalized spacial score (nSPS) is 12.0. The second-order valence-corrected chi connectivity index (χ2v) is 4.27. The summed E-state index contributed by atoms with van der Waals surface area (Å²) >= 11 is 1.73. The van der Waals surface area contributed by atoms with E-state index in [2.05, 4.69) is 30.2 Å². The molecule has 0 amide bonds. The number of allylic oxidation sites excluding steroid dienone is 1. The number of nitrogens with one attached hydrogen (secondary N) is 1. The lowest BCUT2D eigenvalue weighted by Gasteiger charge is -1.99. The molecule has 0 fully saturated rings. The van der Waals surface area contributed by atoms with Gasteiger partial charge in [-0.05, 0) is 26.4 Å². The predicted molar refractivity (Wildman–Crippen MR) is 62.7 cm³/mol. The van der Waals surface area contributed by atoms with Crippen molar-refractivity contribution in [1.82, 2.24) is 10.3 Å². The van der Waals surface area contributed by atoms with Gasteiger partial charge in [0.25, 0.3) is 0 Å². The van der Waals surface area contributed by atoms with E-state index < -0.39 is 0 Å². The van der Waals surface area contributed by atoms with Gasteiger partial charge in [0.15, 0.2) is 0 Å². The van der Waals surface area contributed by atoms with Crippen LogP contribution in [0.1, 0.15) is 25.3 Å². The van der Waals surface area contributed by atoms with Gasteiger partial charge in [-0.1, -0.05) is 18.6 Å². The summed E-state index contributed by atoms with van der Waals surface area (Å²) in [5.41, 5.74) is 1.41. The van der Waals surface area contributed by atoms with Crippen LogP contribution < -0.4 is 5.32 Å². The van der Waals surface area contributed by atoms with Gasteiger partial charge in [-0.3, -0.25) is 0 Å². The molecule has 3 heteroatoms. The quantitative estimate of drug-likeness (QED) is 0.577. The van der Waals surface area contributed by atoms with E-state index in [1.165, 1.54) is 10.6 Å². The molecule has 0 saturated carbocycles. The van der Waals surface area contributed by atoms with Crippen molar-refractivity contribution in [3.8, 4) is 0 Å². The maximum absolute atomic E-state index is 4.26. The number of rotatable bonds is 6. The third-order valence-corrected chi connectivity index (χ3v) is 2.76. The van der Waals surface area contributed by atoms with E-state index >= 15 is 0 Å². The Morgan fingerprint density at radius 3 is 3.14 bits per heavy atom. The Bertz CT molecular complexity index is 265. The van der Waals surface area contributed by atoms with Crippen molar-refractivity contribution in [2.45, 2.75) is 26.7 Å². The van der Waals surface area contributed by atoms with Crippen LogP contribution >= 0.6 is 11.3 Å². The first-order chi connectivity index (χ1) is 6.83. The summed E-state index contributed by atoms with van der Waals surface area (Å²) in [5, 5.41) is 6.54. The van der Waals surface area contributed by atoms with Crippen molar-refractivity contribution >= 4 is 11.3 Å². The van der Waals surface area contributed by atoms with Gasteiger partial charge in [-0.25, -0.2) is 4.98 Å². The number of nitrogens with zero attached hydrogens (tertiary/aromatic N) is 1. The summed E-state index contributed by atoms with van der Waals surface area (Å²) in [7, 11) is 0. The molecule has 0 aliphatic heterocycles. The van der Waals surface area contributed by atoms with Crippen molar-refractivity contribution < 1.29 is 0 Å². The molecule has 0 bridgehead atoms. The third kappa shape index (κ3) is 4.53. The standard InChI is InChI=1S/C11H18N2S/c1-3-12-6-4-5-10(2)9-11-13-7-8-14-11/h5,7-8,12H,3-4,6,9H2,1-2H3. The van der Waals surface area contributed by atoms with Crippen molar-refractivity contribution in [3.63, 3.8) is 0 Å². The molecule has 1 heterocycles. The molecule has 78 valence electrons. The summed E-state index contributed by atoms with van der Waals surface area (Å²) in [6.07, 6.45) is 6.28. The molecular weight excluding hydrogens is 192 g/mol. The van der Waals surface area contributed by atoms with Gasteiger partial charge in [-0.2, -0.15) is 0 Å². The summed E-state index contributed by atoms with van der Waals surface area (Å²) in [6, 6.07) is 0. The zero-order valence-electron chi connectivity index (χ0n) is 8.92. The van der Waals surface area contributed by atoms with Gasteiger partial charge in [0.1, 0.15) is 0 Å². The average Bonchev–Trinajstić information content (AvgIpc) is 2.65. The van der Waals surface area contributed by atoms with Gasteiger partial charge >= 0.3 is 0 Å². The van der Waals surface area contributed by atoms with Crippen LogP contribution in [0.4, 0.5) is 0 Å². The van der Waals surface area contributed by atoms with Gasteiger partial charge < -0.3 is 5.32 Å². The van der Waals surface area contributed by atoms with Crippen LogP contribution in [-0.2, 0) is 6.42 Å². The fourth-order valence-electron chi connectivity index (χ4n) is 1.25. The second kappa shape index (κ2) is 6.74. The molecule has 0 aromatic carbocycles. The first kappa shape index (κ1) is 11.4. The van der Waals surface area contributed by atoms with Crippen LogP contribution in [0.15, 0.2) is 23.2 Å². The van der Waals surface area contributed by atoms with Gasteiger partial charge in [0.05, 0.1) is 5.01 Å². The summed E-state index contributed by atoms with van der Waals surface area (Å²) in [4.78, 5) is 4.26. The van der Waals surface area contributed by atoms with Crippen molar-refractivity contribution in [2.24, 2.45) is 0 Å². The predicted octanol–water partition coefficient (Wildman–Crippen LogP) is 2.63. The Kier molecular flexibility index (Phi) is 5.49. The smallest absolute Gasteiger partial charge is 0.0965 e. The molecule has 0 spiro atoms. The monoisotopic (exact) mass is 210 g/mol. The average molecular weight is 210 g/mol. The van der Waals surface area contributed by atoms with Crippen LogP contribution in [0.25, 0.3) is 0 Å². The highest BCUT2D eigenvalue weighted by Crippen LogP contribution is 2.10. The molecular formula is C11H18N2S. The molecule has 0 saturated heterocycles. The highest BCUT2D eigenvalue weighted by molar-refractivity contribution is 7.09. The number of aromatic nitrogens is 1. The molecule has 0 atom stereocenters. The molecule has 0 aliphatic carbocycles. The fourth-order valence-corrected chi connectivity index (χ4v) is 1.96. The number of hydrogen-bond acceptors (Lipinski definition) is 3. The van der Waals surface area contributed by atoms with Crippen LogP contribution in [0, 0.1) is 0 Å². The Morgan fingerprint density at radius 1 is 1.64 bits per heavy atom. The van der Waals surface area contributed by atoms with E-state index in [0.29, 0.717) is 0 Å². The largest absolute Gasteiger partial charge is 0.317 e. The molecule has 1 N–H and O–H groups in total. The zero-order chi connectivity index (χ0) is 10.2. The summed E-state index contributed by atoms with van der Waals surface area (Å²) in [6.45, 7) is 6.44. The Hall–Kier alpha value is -0.670. The van der Waals surface area contributed by atoms with E-state index in [1.54, 1.807) is 11.3 Å². The van der Waals surface area contributed by atoms with E-state index in [4.69, 9.17) is 0 Å². The highest BCUT2D eigenvalue weighted by Gasteiger charge is 1.96. The van der Waals surface area contributed by atoms with Crippen LogP contribution in [0.5, 0.6) is 0 Å². The van der Waals surface area contributed by atoms with Gasteiger partial charge in [-0.15, -0.1) is 11.3 Å². The lowest BCUT2D eigenvalue weighted by atomic mass is 10.2. The molecule has 14 heavy (non-hydrogen) atoms. The molecule has 1 rings (SSSR count). The third-order valence-electron chi connectivity index (χ3n) is 1.98. The minimum atomic E-state index is 1.00. The maximum atomic E-state index is 4.26. The zero-order valence-corrected chi connectivity index (χ0v) is 9.73.